The van der Waals surface area contributed by atoms with Crippen LogP contribution in [0, 0.1) is 0 Å². The van der Waals surface area contributed by atoms with Crippen LogP contribution in [0.5, 0.6) is 0 Å². The van der Waals surface area contributed by atoms with Crippen LogP contribution in [0.2, 0.25) is 0 Å². The number of carbonyl (C=O) groups excluding carboxylic acids is 2. The maximum Gasteiger partial charge on any atom is 0.306 e. The molecule has 510 valence electrons. The van der Waals surface area contributed by atoms with Gasteiger partial charge in [-0.05, 0) is 96.3 Å². The number of allylic oxidation sites excluding steroid dienone is 16. The van der Waals surface area contributed by atoms with Crippen LogP contribution >= 0.6 is 0 Å². The summed E-state index contributed by atoms with van der Waals surface area (Å²) in [4.78, 5) is 24.7. The van der Waals surface area contributed by atoms with Gasteiger partial charge >= 0.3 is 11.9 Å². The molecule has 0 aliphatic carbocycles. The highest BCUT2D eigenvalue weighted by Crippen LogP contribution is 2.19. The lowest BCUT2D eigenvalue weighted by Crippen LogP contribution is -2.28. The van der Waals surface area contributed by atoms with Crippen LogP contribution in [0.15, 0.2) is 97.2 Å². The molecule has 0 heterocycles. The lowest BCUT2D eigenvalue weighted by atomic mass is 10.0. The molecule has 0 aromatic heterocycles. The minimum Gasteiger partial charge on any atom is -0.462 e. The molecule has 1 N–H and O–H groups in total. The molecule has 0 saturated carbocycles. The maximum absolute atomic E-state index is 12.4. The average molecular weight is 1230 g/mol. The van der Waals surface area contributed by atoms with Crippen molar-refractivity contribution in [3.8, 4) is 0 Å². The van der Waals surface area contributed by atoms with E-state index < -0.39 is 6.10 Å². The van der Waals surface area contributed by atoms with Crippen LogP contribution in [-0.4, -0.2) is 36.4 Å². The van der Waals surface area contributed by atoms with Gasteiger partial charge in [0, 0.05) is 12.8 Å². The number of esters is 2. The number of carbonyl (C=O) groups is 2. The summed E-state index contributed by atoms with van der Waals surface area (Å²) in [6, 6.07) is 0. The Hall–Kier alpha value is -3.18. The molecule has 0 spiro atoms. The highest BCUT2D eigenvalue weighted by atomic mass is 16.6. The number of ether oxygens (including phenoxy) is 2. The fraction of sp³-hybridized carbons (Fsp3) is 0.783. The summed E-state index contributed by atoms with van der Waals surface area (Å²) in [6.45, 7) is 4.06. The Morgan fingerprint density at radius 1 is 0.273 bits per heavy atom. The molecule has 0 radical (unpaired) electrons. The molecule has 0 aliphatic rings. The second-order valence-corrected chi connectivity index (χ2v) is 26.1. The molecule has 1 unspecified atom stereocenters. The van der Waals surface area contributed by atoms with Crippen molar-refractivity contribution in [1.29, 1.82) is 0 Å². The van der Waals surface area contributed by atoms with Crippen LogP contribution in [0.25, 0.3) is 0 Å². The Bertz CT molecular complexity index is 1630. The van der Waals surface area contributed by atoms with E-state index in [9.17, 15) is 14.7 Å². The fourth-order valence-electron chi connectivity index (χ4n) is 11.6. The quantitative estimate of drug-likeness (QED) is 0.0373. The van der Waals surface area contributed by atoms with Crippen LogP contribution in [0.3, 0.4) is 0 Å². The number of aliphatic hydroxyl groups is 1. The molecule has 0 amide bonds. The van der Waals surface area contributed by atoms with Gasteiger partial charge in [-0.2, -0.15) is 0 Å². The number of hydrogen-bond acceptors (Lipinski definition) is 5. The topological polar surface area (TPSA) is 72.8 Å². The summed E-state index contributed by atoms with van der Waals surface area (Å²) in [5, 5.41) is 9.72. The highest BCUT2D eigenvalue weighted by molar-refractivity contribution is 5.70. The molecule has 5 nitrogen and oxygen atoms in total. The van der Waals surface area contributed by atoms with Crippen molar-refractivity contribution in [1.82, 2.24) is 0 Å². The summed E-state index contributed by atoms with van der Waals surface area (Å²) in [5.41, 5.74) is 0. The molecule has 0 aromatic carbocycles. The second kappa shape index (κ2) is 78.1. The first kappa shape index (κ1) is 84.8. The third-order valence-corrected chi connectivity index (χ3v) is 17.4. The van der Waals surface area contributed by atoms with Gasteiger partial charge in [0.25, 0.3) is 0 Å². The van der Waals surface area contributed by atoms with Gasteiger partial charge in [0.2, 0.25) is 0 Å². The van der Waals surface area contributed by atoms with Crippen molar-refractivity contribution < 1.29 is 24.2 Å². The molecule has 0 bridgehead atoms. The van der Waals surface area contributed by atoms with Crippen molar-refractivity contribution in [2.75, 3.05) is 13.2 Å². The third kappa shape index (κ3) is 75.3. The van der Waals surface area contributed by atoms with Crippen molar-refractivity contribution in [2.24, 2.45) is 0 Å². The Kier molecular flexibility index (Phi) is 75.2. The molecule has 0 saturated heterocycles. The summed E-state index contributed by atoms with van der Waals surface area (Å²) >= 11 is 0. The van der Waals surface area contributed by atoms with Gasteiger partial charge in [-0.15, -0.1) is 0 Å². The molecule has 0 aromatic rings. The fourth-order valence-corrected chi connectivity index (χ4v) is 11.6. The molecule has 88 heavy (non-hydrogen) atoms. The maximum atomic E-state index is 12.4. The van der Waals surface area contributed by atoms with Gasteiger partial charge in [0.15, 0.2) is 6.10 Å². The number of rotatable bonds is 72. The number of hydrogen-bond donors (Lipinski definition) is 1. The van der Waals surface area contributed by atoms with Crippen LogP contribution in [0.4, 0.5) is 0 Å². The summed E-state index contributed by atoms with van der Waals surface area (Å²) in [6.07, 6.45) is 112. The van der Waals surface area contributed by atoms with Gasteiger partial charge in [0.05, 0.1) is 6.61 Å². The van der Waals surface area contributed by atoms with Crippen molar-refractivity contribution in [3.05, 3.63) is 97.2 Å². The smallest absolute Gasteiger partial charge is 0.306 e. The monoisotopic (exact) mass is 1230 g/mol. The lowest BCUT2D eigenvalue weighted by molar-refractivity contribution is -0.161. The summed E-state index contributed by atoms with van der Waals surface area (Å²) < 4.78 is 10.8. The minimum atomic E-state index is -0.775. The van der Waals surface area contributed by atoms with Gasteiger partial charge in [0.1, 0.15) is 6.61 Å². The summed E-state index contributed by atoms with van der Waals surface area (Å²) in [7, 11) is 0. The molecule has 0 rings (SSSR count). The largest absolute Gasteiger partial charge is 0.462 e. The normalized spacial score (nSPS) is 12.7. The van der Waals surface area contributed by atoms with Gasteiger partial charge < -0.3 is 14.6 Å². The SMILES string of the molecule is CC/C=C\C/C=C\C/C=C\C/C=C\C/C=C\C/C=C\CCCCCCCCCCCCCCCCCCC(=O)OC(CO)COC(=O)CCCCCCCCCCCCCCCCCCCCCCCCCCCCC/C=C\C/C=C\CCCCCCC. The van der Waals surface area contributed by atoms with Gasteiger partial charge in [-0.25, -0.2) is 0 Å². The third-order valence-electron chi connectivity index (χ3n) is 17.4. The van der Waals surface area contributed by atoms with E-state index in [1.807, 2.05) is 0 Å². The van der Waals surface area contributed by atoms with Crippen LogP contribution in [-0.2, 0) is 19.1 Å². The predicted molar refractivity (Wildman–Crippen MR) is 389 cm³/mol. The predicted octanol–water partition coefficient (Wildman–Crippen LogP) is 27.3. The molecular weight excluding hydrogens is 1080 g/mol. The number of aliphatic hydroxyl groups excluding tert-OH is 1. The zero-order valence-corrected chi connectivity index (χ0v) is 58.7. The minimum absolute atomic E-state index is 0.0635. The Balaban J connectivity index is 3.40. The molecule has 5 heteroatoms. The Labute approximate surface area is 548 Å². The second-order valence-electron chi connectivity index (χ2n) is 26.1. The first-order valence-corrected chi connectivity index (χ1v) is 38.8. The van der Waals surface area contributed by atoms with E-state index in [2.05, 4.69) is 111 Å². The molecule has 0 fully saturated rings. The first-order valence-electron chi connectivity index (χ1n) is 38.8. The Morgan fingerprint density at radius 2 is 0.489 bits per heavy atom. The summed E-state index contributed by atoms with van der Waals surface area (Å²) in [5.74, 6) is -0.572. The average Bonchev–Trinajstić information content (AvgIpc) is 3.54. The van der Waals surface area contributed by atoms with Gasteiger partial charge in [-0.3, -0.25) is 9.59 Å². The highest BCUT2D eigenvalue weighted by Gasteiger charge is 2.16. The van der Waals surface area contributed by atoms with E-state index in [0.717, 1.165) is 83.5 Å². The van der Waals surface area contributed by atoms with E-state index in [-0.39, 0.29) is 25.2 Å². The van der Waals surface area contributed by atoms with E-state index in [4.69, 9.17) is 9.47 Å². The van der Waals surface area contributed by atoms with Gasteiger partial charge in [-0.1, -0.05) is 387 Å². The Morgan fingerprint density at radius 3 is 0.739 bits per heavy atom. The number of unbranched alkanes of at least 4 members (excludes halogenated alkanes) is 48. The van der Waals surface area contributed by atoms with Crippen molar-refractivity contribution in [3.63, 3.8) is 0 Å². The van der Waals surface area contributed by atoms with Crippen LogP contribution < -0.4 is 0 Å². The molecule has 1 atom stereocenters. The first-order chi connectivity index (χ1) is 43.6. The van der Waals surface area contributed by atoms with E-state index >= 15 is 0 Å². The molecule has 0 aliphatic heterocycles. The van der Waals surface area contributed by atoms with Crippen molar-refractivity contribution in [2.45, 2.75) is 405 Å². The lowest BCUT2D eigenvalue weighted by Gasteiger charge is -2.15. The zero-order valence-electron chi connectivity index (χ0n) is 58.7. The van der Waals surface area contributed by atoms with Crippen LogP contribution in [0.1, 0.15) is 399 Å². The zero-order chi connectivity index (χ0) is 63.3. The molecular formula is C83H148O5. The van der Waals surface area contributed by atoms with E-state index in [1.165, 1.54) is 289 Å². The van der Waals surface area contributed by atoms with E-state index in [1.54, 1.807) is 0 Å². The van der Waals surface area contributed by atoms with E-state index in [0.29, 0.717) is 12.8 Å². The van der Waals surface area contributed by atoms with Crippen molar-refractivity contribution >= 4 is 11.9 Å². The standard InChI is InChI=1S/C83H148O5/c1-3-5-7-9-11-13-15-17-19-21-23-25-27-29-31-33-35-37-39-40-41-42-44-45-47-49-51-53-55-57-59-61-63-65-67-69-71-73-75-77-82(85)87-80-81(79-84)88-83(86)78-76-74-72-70-68-66-64-62-60-58-56-54-52-50-48-46-43-38-36-34-32-30-28-26-24-22-20-18-16-14-12-10-8-6-4-2/h6,8,12,14-15,17-18,20-21,23-24,26,30,32,36,38,81,84H,3-5,7,9-11,13,16,19,22,25,27-29,31,33-35,37,39-80H2,1-2H3/b8-6-,14-12-,17-15-,20-18-,23-21-,26-24-,32-30-,38-36-.